The number of benzene rings is 3. The van der Waals surface area contributed by atoms with Crippen LogP contribution in [0.2, 0.25) is 5.02 Å². The van der Waals surface area contributed by atoms with Crippen LogP contribution in [0.15, 0.2) is 59.5 Å². The van der Waals surface area contributed by atoms with Crippen LogP contribution < -0.4 is 19.5 Å². The number of para-hydroxylation sites is 1. The summed E-state index contributed by atoms with van der Waals surface area (Å²) in [4.78, 5) is 39.6. The van der Waals surface area contributed by atoms with Gasteiger partial charge in [-0.2, -0.15) is 0 Å². The first kappa shape index (κ1) is 25.7. The zero-order chi connectivity index (χ0) is 26.8. The third-order valence-electron chi connectivity index (χ3n) is 6.10. The molecule has 0 aliphatic carbocycles. The highest BCUT2D eigenvalue weighted by Crippen LogP contribution is 2.39. The fourth-order valence-electron chi connectivity index (χ4n) is 3.92. The molecule has 2 aliphatic rings. The number of imide groups is 1. The number of nitrogens with zero attached hydrogens (tertiary/aromatic N) is 1. The second kappa shape index (κ2) is 10.8. The molecule has 38 heavy (non-hydrogen) atoms. The van der Waals surface area contributed by atoms with E-state index < -0.39 is 11.1 Å². The van der Waals surface area contributed by atoms with E-state index in [4.69, 9.17) is 25.8 Å². The lowest BCUT2D eigenvalue weighted by atomic mass is 10.1. The Hall–Kier alpha value is -3.95. The topological polar surface area (TPSA) is 94.2 Å². The van der Waals surface area contributed by atoms with E-state index in [1.165, 1.54) is 0 Å². The van der Waals surface area contributed by atoms with Gasteiger partial charge in [0, 0.05) is 22.3 Å². The Morgan fingerprint density at radius 2 is 1.84 bits per heavy atom. The van der Waals surface area contributed by atoms with E-state index in [-0.39, 0.29) is 30.8 Å². The van der Waals surface area contributed by atoms with Crippen LogP contribution in [0.4, 0.5) is 10.5 Å². The van der Waals surface area contributed by atoms with Crippen molar-refractivity contribution in [1.29, 1.82) is 0 Å². The number of halogens is 1. The fourth-order valence-corrected chi connectivity index (χ4v) is 4.96. The number of carbonyl (C=O) groups excluding carboxylic acids is 3. The Kier molecular flexibility index (Phi) is 7.31. The van der Waals surface area contributed by atoms with E-state index in [1.54, 1.807) is 42.5 Å². The number of nitrogens with one attached hydrogen (secondary N) is 1. The molecule has 0 saturated carbocycles. The molecule has 1 saturated heterocycles. The Labute approximate surface area is 228 Å². The number of rotatable bonds is 7. The molecule has 2 heterocycles. The molecule has 194 valence electrons. The van der Waals surface area contributed by atoms with E-state index in [1.807, 2.05) is 32.0 Å². The van der Waals surface area contributed by atoms with Crippen molar-refractivity contribution in [3.8, 4) is 17.2 Å². The predicted octanol–water partition coefficient (Wildman–Crippen LogP) is 5.94. The summed E-state index contributed by atoms with van der Waals surface area (Å²) in [5, 5.41) is 2.77. The molecule has 3 amide bonds. The van der Waals surface area contributed by atoms with Gasteiger partial charge < -0.3 is 19.5 Å². The van der Waals surface area contributed by atoms with Crippen molar-refractivity contribution in [2.24, 2.45) is 0 Å². The van der Waals surface area contributed by atoms with Gasteiger partial charge in [0.2, 0.25) is 6.79 Å². The van der Waals surface area contributed by atoms with Gasteiger partial charge >= 0.3 is 0 Å². The van der Waals surface area contributed by atoms with Crippen LogP contribution in [-0.4, -0.2) is 35.4 Å². The molecule has 3 aromatic rings. The largest absolute Gasteiger partial charge is 0.483 e. The molecule has 3 aromatic carbocycles. The third kappa shape index (κ3) is 5.49. The van der Waals surface area contributed by atoms with Gasteiger partial charge in [-0.05, 0) is 72.6 Å². The minimum atomic E-state index is -0.448. The maximum Gasteiger partial charge on any atom is 0.293 e. The van der Waals surface area contributed by atoms with Crippen LogP contribution >= 0.6 is 23.4 Å². The summed E-state index contributed by atoms with van der Waals surface area (Å²) in [6.45, 7) is 3.84. The standard InChI is InChI=1S/C28H23ClN2O6S/c1-16-7-8-20(9-17(16)2)30-26(32)14-35-22-6-4-3-5-18(22)11-25-27(33)31(28(34)38-25)13-19-10-23-24(12-21(19)29)37-15-36-23/h3-12H,13-15H2,1-2H3,(H,30,32)/b25-11-. The highest BCUT2D eigenvalue weighted by atomic mass is 35.5. The van der Waals surface area contributed by atoms with Gasteiger partial charge in [-0.25, -0.2) is 0 Å². The number of hydrogen-bond acceptors (Lipinski definition) is 7. The van der Waals surface area contributed by atoms with Crippen LogP contribution in [0, 0.1) is 13.8 Å². The maximum absolute atomic E-state index is 13.1. The third-order valence-corrected chi connectivity index (χ3v) is 7.36. The van der Waals surface area contributed by atoms with E-state index in [0.29, 0.717) is 39.1 Å². The molecule has 0 unspecified atom stereocenters. The van der Waals surface area contributed by atoms with E-state index >= 15 is 0 Å². The van der Waals surface area contributed by atoms with Gasteiger partial charge in [0.1, 0.15) is 5.75 Å². The monoisotopic (exact) mass is 550 g/mol. The molecular formula is C28H23ClN2O6S. The van der Waals surface area contributed by atoms with Crippen LogP contribution in [-0.2, 0) is 16.1 Å². The van der Waals surface area contributed by atoms with Gasteiger partial charge in [0.25, 0.3) is 17.1 Å². The molecule has 0 bridgehead atoms. The lowest BCUT2D eigenvalue weighted by molar-refractivity contribution is -0.123. The zero-order valence-corrected chi connectivity index (χ0v) is 22.2. The van der Waals surface area contributed by atoms with Crippen molar-refractivity contribution in [2.45, 2.75) is 20.4 Å². The van der Waals surface area contributed by atoms with Gasteiger partial charge in [0.05, 0.1) is 11.4 Å². The van der Waals surface area contributed by atoms with Crippen molar-refractivity contribution in [2.75, 3.05) is 18.7 Å². The van der Waals surface area contributed by atoms with Crippen LogP contribution in [0.3, 0.4) is 0 Å². The van der Waals surface area contributed by atoms with Gasteiger partial charge in [-0.3, -0.25) is 19.3 Å². The summed E-state index contributed by atoms with van der Waals surface area (Å²) < 4.78 is 16.4. The molecule has 0 aromatic heterocycles. The minimum absolute atomic E-state index is 0.00567. The minimum Gasteiger partial charge on any atom is -0.483 e. The Bertz CT molecular complexity index is 1490. The van der Waals surface area contributed by atoms with Crippen molar-refractivity contribution in [3.63, 3.8) is 0 Å². The smallest absolute Gasteiger partial charge is 0.293 e. The summed E-state index contributed by atoms with van der Waals surface area (Å²) in [5.41, 5.74) is 4.03. The lowest BCUT2D eigenvalue weighted by Gasteiger charge is -2.14. The number of anilines is 1. The summed E-state index contributed by atoms with van der Waals surface area (Å²) in [5.74, 6) is 0.681. The molecule has 2 aliphatic heterocycles. The first-order chi connectivity index (χ1) is 18.3. The number of thioether (sulfide) groups is 1. The van der Waals surface area contributed by atoms with Crippen LogP contribution in [0.5, 0.6) is 17.2 Å². The molecule has 0 atom stereocenters. The average Bonchev–Trinajstić information content (AvgIpc) is 3.45. The normalized spacial score (nSPS) is 15.3. The molecule has 10 heteroatoms. The average molecular weight is 551 g/mol. The molecule has 0 spiro atoms. The predicted molar refractivity (Wildman–Crippen MR) is 146 cm³/mol. The number of fused-ring (bicyclic) bond motifs is 1. The number of ether oxygens (including phenoxy) is 3. The van der Waals surface area contributed by atoms with Crippen molar-refractivity contribution >= 4 is 52.2 Å². The van der Waals surface area contributed by atoms with Crippen molar-refractivity contribution in [3.05, 3.63) is 86.8 Å². The fraction of sp³-hybridized carbons (Fsp3) is 0.179. The molecular weight excluding hydrogens is 528 g/mol. The number of amides is 3. The zero-order valence-electron chi connectivity index (χ0n) is 20.6. The Morgan fingerprint density at radius 3 is 2.63 bits per heavy atom. The highest BCUT2D eigenvalue weighted by molar-refractivity contribution is 8.18. The highest BCUT2D eigenvalue weighted by Gasteiger charge is 2.36. The van der Waals surface area contributed by atoms with Gasteiger partial charge in [-0.15, -0.1) is 0 Å². The quantitative estimate of drug-likeness (QED) is 0.364. The first-order valence-corrected chi connectivity index (χ1v) is 12.9. The number of aryl methyl sites for hydroxylation is 2. The molecule has 0 radical (unpaired) electrons. The lowest BCUT2D eigenvalue weighted by Crippen LogP contribution is -2.27. The van der Waals surface area contributed by atoms with Gasteiger partial charge in [0.15, 0.2) is 18.1 Å². The SMILES string of the molecule is Cc1ccc(NC(=O)COc2ccccc2/C=C2\SC(=O)N(Cc3cc4c(cc3Cl)OCO4)C2=O)cc1C. The van der Waals surface area contributed by atoms with Crippen molar-refractivity contribution in [1.82, 2.24) is 4.90 Å². The van der Waals surface area contributed by atoms with Crippen LogP contribution in [0.25, 0.3) is 6.08 Å². The summed E-state index contributed by atoms with van der Waals surface area (Å²) >= 11 is 7.17. The summed E-state index contributed by atoms with van der Waals surface area (Å²) in [6, 6.07) is 15.9. The molecule has 5 rings (SSSR count). The molecule has 1 N–H and O–H groups in total. The van der Waals surface area contributed by atoms with Crippen molar-refractivity contribution < 1.29 is 28.6 Å². The Balaban J connectivity index is 1.27. The summed E-state index contributed by atoms with van der Waals surface area (Å²) in [7, 11) is 0. The number of hydrogen-bond donors (Lipinski definition) is 1. The second-order valence-corrected chi connectivity index (χ2v) is 10.1. The van der Waals surface area contributed by atoms with E-state index in [9.17, 15) is 14.4 Å². The first-order valence-electron chi connectivity index (χ1n) is 11.7. The summed E-state index contributed by atoms with van der Waals surface area (Å²) in [6.07, 6.45) is 1.59. The second-order valence-electron chi connectivity index (χ2n) is 8.74. The maximum atomic E-state index is 13.1. The Morgan fingerprint density at radius 1 is 1.08 bits per heavy atom. The van der Waals surface area contributed by atoms with Crippen LogP contribution in [0.1, 0.15) is 22.3 Å². The van der Waals surface area contributed by atoms with E-state index in [2.05, 4.69) is 5.32 Å². The number of carbonyl (C=O) groups is 3. The molecule has 1 fully saturated rings. The van der Waals surface area contributed by atoms with E-state index in [0.717, 1.165) is 27.8 Å². The molecule has 8 nitrogen and oxygen atoms in total. The van der Waals surface area contributed by atoms with Gasteiger partial charge in [-0.1, -0.05) is 35.9 Å².